The fourth-order valence-corrected chi connectivity index (χ4v) is 2.76. The first-order valence-corrected chi connectivity index (χ1v) is 8.55. The molecule has 4 aromatic carbocycles. The molecule has 0 saturated heterocycles. The molecule has 4 heteroatoms. The molecule has 4 rings (SSSR count). The van der Waals surface area contributed by atoms with E-state index in [1.807, 2.05) is 84.9 Å². The topological polar surface area (TPSA) is 52.0 Å². The molecule has 0 radical (unpaired) electrons. The number of anilines is 2. The number of nitrogen functional groups attached to an aromatic ring is 2. The van der Waals surface area contributed by atoms with Crippen LogP contribution in [0.4, 0.5) is 11.4 Å². The van der Waals surface area contributed by atoms with Crippen molar-refractivity contribution < 1.29 is 0 Å². The maximum atomic E-state index is 5.85. The molecule has 144 valence electrons. The van der Waals surface area contributed by atoms with Crippen molar-refractivity contribution in [3.63, 3.8) is 0 Å². The molecule has 0 bridgehead atoms. The molecule has 0 unspecified atom stereocenters. The molecule has 0 heterocycles. The summed E-state index contributed by atoms with van der Waals surface area (Å²) in [6.07, 6.45) is 0. The Kier molecular flexibility index (Phi) is 10.1. The highest BCUT2D eigenvalue weighted by Gasteiger charge is 1.99. The number of rotatable bonds is 2. The van der Waals surface area contributed by atoms with Crippen LogP contribution in [0.25, 0.3) is 22.3 Å². The van der Waals surface area contributed by atoms with Gasteiger partial charge in [-0.2, -0.15) is 0 Å². The summed E-state index contributed by atoms with van der Waals surface area (Å²) in [7, 11) is 0. The molecule has 4 N–H and O–H groups in total. The lowest BCUT2D eigenvalue weighted by Gasteiger charge is -2.03. The van der Waals surface area contributed by atoms with Gasteiger partial charge in [-0.15, -0.1) is 34.0 Å². The van der Waals surface area contributed by atoms with E-state index < -0.39 is 0 Å². The maximum Gasteiger partial charge on any atom is 0.0393 e. The van der Waals surface area contributed by atoms with Crippen molar-refractivity contribution in [3.05, 3.63) is 109 Å². The quantitative estimate of drug-likeness (QED) is 0.291. The van der Waals surface area contributed by atoms with E-state index in [4.69, 9.17) is 11.5 Å². The standard InChI is InChI=1S/2C12H11N.2BrH/c2*13-12-9-5-4-8-11(12)10-6-2-1-3-7-10;;/h2*1-9H,13H2;2*1H. The predicted octanol–water partition coefficient (Wildman–Crippen LogP) is 7.03. The van der Waals surface area contributed by atoms with Gasteiger partial charge in [-0.1, -0.05) is 97.1 Å². The molecule has 0 aliphatic heterocycles. The summed E-state index contributed by atoms with van der Waals surface area (Å²) in [4.78, 5) is 0. The lowest BCUT2D eigenvalue weighted by Crippen LogP contribution is -1.88. The number of nitrogens with two attached hydrogens (primary N) is 2. The van der Waals surface area contributed by atoms with E-state index >= 15 is 0 Å². The maximum absolute atomic E-state index is 5.85. The van der Waals surface area contributed by atoms with Crippen molar-refractivity contribution in [3.8, 4) is 22.3 Å². The number of benzene rings is 4. The van der Waals surface area contributed by atoms with Crippen LogP contribution in [0.15, 0.2) is 109 Å². The molecule has 0 saturated carbocycles. The minimum atomic E-state index is 0. The van der Waals surface area contributed by atoms with Crippen molar-refractivity contribution in [2.24, 2.45) is 0 Å². The Balaban J connectivity index is 0.000000261. The Morgan fingerprint density at radius 3 is 0.964 bits per heavy atom. The zero-order valence-corrected chi connectivity index (χ0v) is 18.8. The third-order valence-electron chi connectivity index (χ3n) is 4.09. The summed E-state index contributed by atoms with van der Waals surface area (Å²) >= 11 is 0. The van der Waals surface area contributed by atoms with Crippen LogP contribution in [0.1, 0.15) is 0 Å². The fraction of sp³-hybridized carbons (Fsp3) is 0. The molecule has 0 fully saturated rings. The average Bonchev–Trinajstić information content (AvgIpc) is 2.71. The molecule has 0 aromatic heterocycles. The largest absolute Gasteiger partial charge is 0.398 e. The highest BCUT2D eigenvalue weighted by atomic mass is 79.9. The molecule has 2 nitrogen and oxygen atoms in total. The molecule has 0 spiro atoms. The molecule has 0 aliphatic rings. The Morgan fingerprint density at radius 1 is 0.357 bits per heavy atom. The van der Waals surface area contributed by atoms with Gasteiger partial charge in [0.1, 0.15) is 0 Å². The normalized spacial score (nSPS) is 9.14. The van der Waals surface area contributed by atoms with Crippen molar-refractivity contribution in [2.45, 2.75) is 0 Å². The zero-order chi connectivity index (χ0) is 18.2. The Bertz CT molecular complexity index is 877. The summed E-state index contributed by atoms with van der Waals surface area (Å²) in [6, 6.07) is 36.1. The SMILES string of the molecule is Br.Br.Nc1ccccc1-c1ccccc1.Nc1ccccc1-c1ccccc1. The first-order chi connectivity index (χ1) is 12.8. The van der Waals surface area contributed by atoms with Crippen LogP contribution < -0.4 is 11.5 Å². The molecule has 28 heavy (non-hydrogen) atoms. The second kappa shape index (κ2) is 12.0. The monoisotopic (exact) mass is 498 g/mol. The molecular formula is C24H24Br2N2. The summed E-state index contributed by atoms with van der Waals surface area (Å²) in [6.45, 7) is 0. The van der Waals surface area contributed by atoms with Crippen LogP contribution in [0.3, 0.4) is 0 Å². The Hall–Kier alpha value is -2.56. The van der Waals surface area contributed by atoms with Crippen LogP contribution in [-0.2, 0) is 0 Å². The summed E-state index contributed by atoms with van der Waals surface area (Å²) in [5.74, 6) is 0. The van der Waals surface area contributed by atoms with Crippen molar-refractivity contribution >= 4 is 45.3 Å². The fourth-order valence-electron chi connectivity index (χ4n) is 2.76. The number of para-hydroxylation sites is 2. The van der Waals surface area contributed by atoms with Crippen LogP contribution >= 0.6 is 34.0 Å². The molecule has 0 amide bonds. The summed E-state index contributed by atoms with van der Waals surface area (Å²) < 4.78 is 0. The number of halogens is 2. The van der Waals surface area contributed by atoms with Gasteiger partial charge in [0.25, 0.3) is 0 Å². The lowest BCUT2D eigenvalue weighted by molar-refractivity contribution is 1.61. The van der Waals surface area contributed by atoms with E-state index in [2.05, 4.69) is 24.3 Å². The van der Waals surface area contributed by atoms with E-state index in [1.54, 1.807) is 0 Å². The minimum absolute atomic E-state index is 0. The van der Waals surface area contributed by atoms with Crippen LogP contribution in [0.5, 0.6) is 0 Å². The summed E-state index contributed by atoms with van der Waals surface area (Å²) in [5.41, 5.74) is 17.9. The van der Waals surface area contributed by atoms with E-state index in [9.17, 15) is 0 Å². The third-order valence-corrected chi connectivity index (χ3v) is 4.09. The first kappa shape index (κ1) is 23.5. The van der Waals surface area contributed by atoms with E-state index in [1.165, 1.54) is 11.1 Å². The van der Waals surface area contributed by atoms with E-state index in [0.29, 0.717) is 0 Å². The van der Waals surface area contributed by atoms with Gasteiger partial charge >= 0.3 is 0 Å². The van der Waals surface area contributed by atoms with Gasteiger partial charge < -0.3 is 11.5 Å². The number of hydrogen-bond donors (Lipinski definition) is 2. The van der Waals surface area contributed by atoms with Crippen LogP contribution in [0, 0.1) is 0 Å². The van der Waals surface area contributed by atoms with E-state index in [-0.39, 0.29) is 34.0 Å². The van der Waals surface area contributed by atoms with Gasteiger partial charge in [0.2, 0.25) is 0 Å². The Labute approximate surface area is 187 Å². The van der Waals surface area contributed by atoms with Gasteiger partial charge in [0.15, 0.2) is 0 Å². The minimum Gasteiger partial charge on any atom is -0.398 e. The highest BCUT2D eigenvalue weighted by Crippen LogP contribution is 2.25. The second-order valence-corrected chi connectivity index (χ2v) is 5.91. The first-order valence-electron chi connectivity index (χ1n) is 8.55. The van der Waals surface area contributed by atoms with Crippen molar-refractivity contribution in [1.29, 1.82) is 0 Å². The zero-order valence-electron chi connectivity index (χ0n) is 15.4. The smallest absolute Gasteiger partial charge is 0.0393 e. The van der Waals surface area contributed by atoms with Crippen molar-refractivity contribution in [2.75, 3.05) is 11.5 Å². The summed E-state index contributed by atoms with van der Waals surface area (Å²) in [5, 5.41) is 0. The van der Waals surface area contributed by atoms with Gasteiger partial charge in [0.05, 0.1) is 0 Å². The molecule has 0 aliphatic carbocycles. The van der Waals surface area contributed by atoms with E-state index in [0.717, 1.165) is 22.5 Å². The van der Waals surface area contributed by atoms with Crippen LogP contribution in [0.2, 0.25) is 0 Å². The predicted molar refractivity (Wildman–Crippen MR) is 133 cm³/mol. The van der Waals surface area contributed by atoms with Crippen LogP contribution in [-0.4, -0.2) is 0 Å². The molecular weight excluding hydrogens is 476 g/mol. The van der Waals surface area contributed by atoms with Crippen molar-refractivity contribution in [1.82, 2.24) is 0 Å². The lowest BCUT2D eigenvalue weighted by atomic mass is 10.0. The average molecular weight is 500 g/mol. The molecule has 0 atom stereocenters. The van der Waals surface area contributed by atoms with Gasteiger partial charge in [-0.3, -0.25) is 0 Å². The molecule has 4 aromatic rings. The third kappa shape index (κ3) is 6.25. The highest BCUT2D eigenvalue weighted by molar-refractivity contribution is 8.93. The number of hydrogen-bond acceptors (Lipinski definition) is 2. The van der Waals surface area contributed by atoms with Gasteiger partial charge in [-0.05, 0) is 23.3 Å². The van der Waals surface area contributed by atoms with Gasteiger partial charge in [0, 0.05) is 22.5 Å². The second-order valence-electron chi connectivity index (χ2n) is 5.91. The Morgan fingerprint density at radius 2 is 0.643 bits per heavy atom. The van der Waals surface area contributed by atoms with Gasteiger partial charge in [-0.25, -0.2) is 0 Å².